The van der Waals surface area contributed by atoms with Crippen molar-refractivity contribution in [2.45, 2.75) is 6.18 Å². The van der Waals surface area contributed by atoms with Gasteiger partial charge in [-0.3, -0.25) is 9.59 Å². The van der Waals surface area contributed by atoms with Crippen molar-refractivity contribution in [2.24, 2.45) is 0 Å². The maximum atomic E-state index is 12.9. The molecule has 0 fully saturated rings. The Morgan fingerprint density at radius 3 is 2.26 bits per heavy atom. The molecule has 2 amide bonds. The zero-order valence-corrected chi connectivity index (χ0v) is 16.6. The third-order valence-electron chi connectivity index (χ3n) is 4.21. The van der Waals surface area contributed by atoms with Crippen LogP contribution in [0.2, 0.25) is 0 Å². The van der Waals surface area contributed by atoms with Crippen molar-refractivity contribution < 1.29 is 22.8 Å². The molecule has 0 atom stereocenters. The third kappa shape index (κ3) is 5.35. The average molecular weight is 429 g/mol. The number of hydrogen-bond donors (Lipinski definition) is 2. The van der Waals surface area contributed by atoms with Gasteiger partial charge in [0.15, 0.2) is 11.5 Å². The molecular weight excluding hydrogens is 411 g/mol. The predicted molar refractivity (Wildman–Crippen MR) is 110 cm³/mol. The van der Waals surface area contributed by atoms with Crippen LogP contribution in [0.3, 0.4) is 0 Å². The zero-order chi connectivity index (χ0) is 22.6. The minimum atomic E-state index is -4.53. The Kier molecular flexibility index (Phi) is 6.19. The molecule has 160 valence electrons. The zero-order valence-electron chi connectivity index (χ0n) is 16.6. The molecule has 1 heterocycles. The van der Waals surface area contributed by atoms with E-state index in [4.69, 9.17) is 0 Å². The van der Waals surface area contributed by atoms with E-state index in [1.807, 2.05) is 0 Å². The molecule has 3 rings (SSSR count). The fourth-order valence-corrected chi connectivity index (χ4v) is 2.63. The van der Waals surface area contributed by atoms with E-state index in [2.05, 4.69) is 20.8 Å². The molecule has 0 aliphatic rings. The van der Waals surface area contributed by atoms with Crippen molar-refractivity contribution in [1.29, 1.82) is 0 Å². The Hall–Kier alpha value is -3.95. The van der Waals surface area contributed by atoms with Gasteiger partial charge < -0.3 is 15.5 Å². The van der Waals surface area contributed by atoms with Gasteiger partial charge in [0, 0.05) is 19.8 Å². The summed E-state index contributed by atoms with van der Waals surface area (Å²) in [6.07, 6.45) is -4.53. The molecule has 0 saturated carbocycles. The van der Waals surface area contributed by atoms with Crippen LogP contribution in [0.5, 0.6) is 0 Å². The van der Waals surface area contributed by atoms with E-state index in [9.17, 15) is 22.8 Å². The van der Waals surface area contributed by atoms with Crippen LogP contribution in [0.25, 0.3) is 0 Å². The van der Waals surface area contributed by atoms with Crippen molar-refractivity contribution >= 4 is 29.0 Å². The Bertz CT molecular complexity index is 1100. The number of aromatic nitrogens is 2. The third-order valence-corrected chi connectivity index (χ3v) is 4.21. The number of para-hydroxylation sites is 1. The number of anilines is 3. The van der Waals surface area contributed by atoms with Crippen molar-refractivity contribution in [3.63, 3.8) is 0 Å². The van der Waals surface area contributed by atoms with E-state index >= 15 is 0 Å². The maximum Gasteiger partial charge on any atom is 0.416 e. The van der Waals surface area contributed by atoms with Gasteiger partial charge in [0.25, 0.3) is 11.8 Å². The number of nitrogens with one attached hydrogen (secondary N) is 2. The van der Waals surface area contributed by atoms with Crippen LogP contribution in [-0.4, -0.2) is 36.1 Å². The monoisotopic (exact) mass is 429 g/mol. The predicted octanol–water partition coefficient (Wildman–Crippen LogP) is 4.07. The topological polar surface area (TPSA) is 87.2 Å². The summed E-state index contributed by atoms with van der Waals surface area (Å²) in [6, 6.07) is 13.5. The number of benzene rings is 2. The number of nitrogens with zero attached hydrogens (tertiary/aromatic N) is 3. The lowest BCUT2D eigenvalue weighted by Crippen LogP contribution is -2.20. The van der Waals surface area contributed by atoms with Crippen LogP contribution in [0.1, 0.15) is 26.4 Å². The normalized spacial score (nSPS) is 11.0. The van der Waals surface area contributed by atoms with Gasteiger partial charge in [0.2, 0.25) is 0 Å². The SMILES string of the molecule is CN(C)c1ccc(C(=O)Nc2ccccc2C(=O)Nc2cccc(C(F)(F)F)c2)nn1. The number of hydrogen-bond acceptors (Lipinski definition) is 5. The Morgan fingerprint density at radius 2 is 1.61 bits per heavy atom. The fourth-order valence-electron chi connectivity index (χ4n) is 2.63. The minimum Gasteiger partial charge on any atom is -0.361 e. The molecule has 0 aliphatic carbocycles. The van der Waals surface area contributed by atoms with E-state index in [-0.39, 0.29) is 22.6 Å². The van der Waals surface area contributed by atoms with Gasteiger partial charge >= 0.3 is 6.18 Å². The first-order chi connectivity index (χ1) is 14.6. The maximum absolute atomic E-state index is 12.9. The molecule has 0 unspecified atom stereocenters. The van der Waals surface area contributed by atoms with Gasteiger partial charge in [-0.15, -0.1) is 10.2 Å². The lowest BCUT2D eigenvalue weighted by Gasteiger charge is -2.13. The highest BCUT2D eigenvalue weighted by Crippen LogP contribution is 2.31. The summed E-state index contributed by atoms with van der Waals surface area (Å²) in [5, 5.41) is 12.8. The Balaban J connectivity index is 1.78. The molecule has 2 N–H and O–H groups in total. The van der Waals surface area contributed by atoms with Gasteiger partial charge in [0.05, 0.1) is 16.8 Å². The van der Waals surface area contributed by atoms with Crippen molar-refractivity contribution in [1.82, 2.24) is 10.2 Å². The van der Waals surface area contributed by atoms with Crippen LogP contribution in [0.4, 0.5) is 30.4 Å². The summed E-state index contributed by atoms with van der Waals surface area (Å²) < 4.78 is 38.7. The van der Waals surface area contributed by atoms with Gasteiger partial charge in [-0.2, -0.15) is 13.2 Å². The molecule has 0 radical (unpaired) electrons. The quantitative estimate of drug-likeness (QED) is 0.639. The molecular formula is C21H18F3N5O2. The first-order valence-corrected chi connectivity index (χ1v) is 9.05. The van der Waals surface area contributed by atoms with Crippen LogP contribution in [0, 0.1) is 0 Å². The van der Waals surface area contributed by atoms with E-state index in [0.29, 0.717) is 5.82 Å². The lowest BCUT2D eigenvalue weighted by molar-refractivity contribution is -0.137. The molecule has 3 aromatic rings. The largest absolute Gasteiger partial charge is 0.416 e. The van der Waals surface area contributed by atoms with E-state index in [0.717, 1.165) is 12.1 Å². The lowest BCUT2D eigenvalue weighted by atomic mass is 10.1. The Morgan fingerprint density at radius 1 is 0.871 bits per heavy atom. The molecule has 2 aromatic carbocycles. The number of rotatable bonds is 5. The fraction of sp³-hybridized carbons (Fsp3) is 0.143. The summed E-state index contributed by atoms with van der Waals surface area (Å²) in [6.45, 7) is 0. The van der Waals surface area contributed by atoms with Gasteiger partial charge in [-0.25, -0.2) is 0 Å². The van der Waals surface area contributed by atoms with Crippen LogP contribution >= 0.6 is 0 Å². The molecule has 0 aliphatic heterocycles. The van der Waals surface area contributed by atoms with Gasteiger partial charge in [-0.1, -0.05) is 18.2 Å². The summed E-state index contributed by atoms with van der Waals surface area (Å²) in [5.74, 6) is -0.696. The van der Waals surface area contributed by atoms with Crippen LogP contribution in [-0.2, 0) is 6.18 Å². The minimum absolute atomic E-state index is 0.0221. The summed E-state index contributed by atoms with van der Waals surface area (Å²) in [7, 11) is 3.56. The number of amides is 2. The Labute approximate surface area is 175 Å². The number of carbonyl (C=O) groups excluding carboxylic acids is 2. The second kappa shape index (κ2) is 8.82. The average Bonchev–Trinajstić information content (AvgIpc) is 2.73. The molecule has 7 nitrogen and oxygen atoms in total. The summed E-state index contributed by atoms with van der Waals surface area (Å²) >= 11 is 0. The second-order valence-corrected chi connectivity index (χ2v) is 6.70. The molecule has 0 saturated heterocycles. The van der Waals surface area contributed by atoms with Crippen molar-refractivity contribution in [3.05, 3.63) is 77.5 Å². The van der Waals surface area contributed by atoms with E-state index in [1.165, 1.54) is 30.3 Å². The van der Waals surface area contributed by atoms with Crippen LogP contribution < -0.4 is 15.5 Å². The second-order valence-electron chi connectivity index (χ2n) is 6.70. The summed E-state index contributed by atoms with van der Waals surface area (Å²) in [5.41, 5.74) is -0.613. The van der Waals surface area contributed by atoms with Crippen molar-refractivity contribution in [2.75, 3.05) is 29.6 Å². The molecule has 0 spiro atoms. The van der Waals surface area contributed by atoms with Crippen molar-refractivity contribution in [3.8, 4) is 0 Å². The summed E-state index contributed by atoms with van der Waals surface area (Å²) in [4.78, 5) is 26.9. The van der Waals surface area contributed by atoms with Gasteiger partial charge in [-0.05, 0) is 42.5 Å². The first-order valence-electron chi connectivity index (χ1n) is 9.05. The van der Waals surface area contributed by atoms with E-state index < -0.39 is 23.6 Å². The van der Waals surface area contributed by atoms with E-state index in [1.54, 1.807) is 37.2 Å². The number of halogens is 3. The molecule has 31 heavy (non-hydrogen) atoms. The number of alkyl halides is 3. The molecule has 1 aromatic heterocycles. The van der Waals surface area contributed by atoms with Gasteiger partial charge in [0.1, 0.15) is 0 Å². The standard InChI is InChI=1S/C21H18F3N5O2/c1-29(2)18-11-10-17(27-28-18)20(31)26-16-9-4-3-8-15(16)19(30)25-14-7-5-6-13(12-14)21(22,23)24/h3-12H,1-2H3,(H,25,30)(H,26,31). The molecule has 10 heteroatoms. The first kappa shape index (κ1) is 21.8. The smallest absolute Gasteiger partial charge is 0.361 e. The highest BCUT2D eigenvalue weighted by Gasteiger charge is 2.30. The number of carbonyl (C=O) groups is 2. The highest BCUT2D eigenvalue weighted by atomic mass is 19.4. The van der Waals surface area contributed by atoms with Crippen LogP contribution in [0.15, 0.2) is 60.7 Å². The highest BCUT2D eigenvalue weighted by molar-refractivity contribution is 6.12. The molecule has 0 bridgehead atoms.